The Balaban J connectivity index is 3.19. The van der Waals surface area contributed by atoms with E-state index in [1.54, 1.807) is 6.07 Å². The van der Waals surface area contributed by atoms with Crippen LogP contribution in [-0.2, 0) is 10.0 Å². The molecule has 0 unspecified atom stereocenters. The van der Waals surface area contributed by atoms with E-state index >= 15 is 0 Å². The standard InChI is InChI=1S/C12H20N2O3S/c1-4-8-14(5-2)18(15,16)12-7-6-10(17-3)9-11(12)13/h6-7,9H,4-5,8,13H2,1-3H3. The number of nitrogen functional groups attached to an aromatic ring is 1. The third-order valence-corrected chi connectivity index (χ3v) is 4.71. The monoisotopic (exact) mass is 272 g/mol. The van der Waals surface area contributed by atoms with Crippen LogP contribution in [0.15, 0.2) is 23.1 Å². The molecule has 0 fully saturated rings. The molecule has 0 saturated carbocycles. The maximum atomic E-state index is 12.4. The summed E-state index contributed by atoms with van der Waals surface area (Å²) in [4.78, 5) is 0.138. The molecule has 0 radical (unpaired) electrons. The van der Waals surface area contributed by atoms with Gasteiger partial charge in [0.1, 0.15) is 10.6 Å². The predicted molar refractivity (Wildman–Crippen MR) is 72.1 cm³/mol. The number of hydrogen-bond donors (Lipinski definition) is 1. The zero-order valence-electron chi connectivity index (χ0n) is 11.0. The minimum absolute atomic E-state index is 0.138. The number of benzene rings is 1. The molecule has 5 nitrogen and oxygen atoms in total. The summed E-state index contributed by atoms with van der Waals surface area (Å²) in [5.74, 6) is 0.546. The van der Waals surface area contributed by atoms with E-state index in [1.807, 2.05) is 13.8 Å². The number of rotatable bonds is 6. The summed E-state index contributed by atoms with van der Waals surface area (Å²) < 4.78 is 31.2. The van der Waals surface area contributed by atoms with E-state index in [0.717, 1.165) is 6.42 Å². The summed E-state index contributed by atoms with van der Waals surface area (Å²) in [5, 5.41) is 0. The van der Waals surface area contributed by atoms with Crippen molar-refractivity contribution in [2.45, 2.75) is 25.2 Å². The average Bonchev–Trinajstić information content (AvgIpc) is 2.35. The summed E-state index contributed by atoms with van der Waals surface area (Å²) in [6.45, 7) is 4.68. The van der Waals surface area contributed by atoms with Gasteiger partial charge in [-0.3, -0.25) is 0 Å². The smallest absolute Gasteiger partial charge is 0.245 e. The molecule has 0 heterocycles. The SMILES string of the molecule is CCCN(CC)S(=O)(=O)c1ccc(OC)cc1N. The van der Waals surface area contributed by atoms with Gasteiger partial charge in [-0.25, -0.2) is 8.42 Å². The molecular weight excluding hydrogens is 252 g/mol. The first-order valence-electron chi connectivity index (χ1n) is 5.91. The molecule has 0 amide bonds. The zero-order chi connectivity index (χ0) is 13.8. The summed E-state index contributed by atoms with van der Waals surface area (Å²) in [5.41, 5.74) is 6.00. The largest absolute Gasteiger partial charge is 0.497 e. The van der Waals surface area contributed by atoms with Crippen LogP contribution in [0.1, 0.15) is 20.3 Å². The minimum atomic E-state index is -3.52. The number of nitrogens with two attached hydrogens (primary N) is 1. The molecule has 0 spiro atoms. The lowest BCUT2D eigenvalue weighted by molar-refractivity contribution is 0.414. The molecule has 2 N–H and O–H groups in total. The van der Waals surface area contributed by atoms with Gasteiger partial charge in [0.2, 0.25) is 10.0 Å². The van der Waals surface area contributed by atoms with E-state index in [0.29, 0.717) is 18.8 Å². The van der Waals surface area contributed by atoms with E-state index in [4.69, 9.17) is 10.5 Å². The third-order valence-electron chi connectivity index (χ3n) is 2.66. The maximum Gasteiger partial charge on any atom is 0.245 e. The van der Waals surface area contributed by atoms with Gasteiger partial charge in [0.25, 0.3) is 0 Å². The third kappa shape index (κ3) is 2.94. The Kier molecular flexibility index (Phi) is 4.98. The van der Waals surface area contributed by atoms with E-state index in [-0.39, 0.29) is 10.6 Å². The van der Waals surface area contributed by atoms with Gasteiger partial charge in [-0.2, -0.15) is 4.31 Å². The second-order valence-corrected chi connectivity index (χ2v) is 5.81. The molecule has 0 aliphatic rings. The van der Waals surface area contributed by atoms with Crippen molar-refractivity contribution in [1.82, 2.24) is 4.31 Å². The van der Waals surface area contributed by atoms with Gasteiger partial charge in [-0.1, -0.05) is 13.8 Å². The fourth-order valence-corrected chi connectivity index (χ4v) is 3.36. The molecule has 0 saturated heterocycles. The minimum Gasteiger partial charge on any atom is -0.497 e. The van der Waals surface area contributed by atoms with Crippen LogP contribution in [0, 0.1) is 0 Å². The van der Waals surface area contributed by atoms with Gasteiger partial charge < -0.3 is 10.5 Å². The molecular formula is C12H20N2O3S. The molecule has 0 aliphatic carbocycles. The van der Waals surface area contributed by atoms with Crippen LogP contribution >= 0.6 is 0 Å². The maximum absolute atomic E-state index is 12.4. The van der Waals surface area contributed by atoms with Crippen molar-refractivity contribution in [2.24, 2.45) is 0 Å². The second-order valence-electron chi connectivity index (χ2n) is 3.90. The molecule has 0 aliphatic heterocycles. The summed E-state index contributed by atoms with van der Waals surface area (Å²) in [6.07, 6.45) is 0.767. The van der Waals surface area contributed by atoms with Crippen LogP contribution in [0.2, 0.25) is 0 Å². The van der Waals surface area contributed by atoms with Crippen LogP contribution in [0.25, 0.3) is 0 Å². The quantitative estimate of drug-likeness (QED) is 0.800. The van der Waals surface area contributed by atoms with Gasteiger partial charge in [0.15, 0.2) is 0 Å². The molecule has 0 bridgehead atoms. The highest BCUT2D eigenvalue weighted by molar-refractivity contribution is 7.89. The molecule has 1 aromatic rings. The molecule has 18 heavy (non-hydrogen) atoms. The van der Waals surface area contributed by atoms with Gasteiger partial charge in [0, 0.05) is 19.2 Å². The fraction of sp³-hybridized carbons (Fsp3) is 0.500. The van der Waals surface area contributed by atoms with Gasteiger partial charge in [-0.05, 0) is 18.6 Å². The highest BCUT2D eigenvalue weighted by Crippen LogP contribution is 2.26. The summed E-state index contributed by atoms with van der Waals surface area (Å²) in [7, 11) is -2.00. The van der Waals surface area contributed by atoms with Crippen molar-refractivity contribution in [1.29, 1.82) is 0 Å². The van der Waals surface area contributed by atoms with Crippen molar-refractivity contribution in [3.63, 3.8) is 0 Å². The van der Waals surface area contributed by atoms with Gasteiger partial charge in [0.05, 0.1) is 12.8 Å². The molecule has 1 rings (SSSR count). The van der Waals surface area contributed by atoms with E-state index < -0.39 is 10.0 Å². The Labute approximate surface area is 109 Å². The first kappa shape index (κ1) is 14.8. The highest BCUT2D eigenvalue weighted by Gasteiger charge is 2.24. The van der Waals surface area contributed by atoms with Gasteiger partial charge >= 0.3 is 0 Å². The van der Waals surface area contributed by atoms with E-state index in [2.05, 4.69) is 0 Å². The Morgan fingerprint density at radius 3 is 2.44 bits per heavy atom. The summed E-state index contributed by atoms with van der Waals surface area (Å²) >= 11 is 0. The van der Waals surface area contributed by atoms with Crippen LogP contribution in [-0.4, -0.2) is 32.9 Å². The Bertz CT molecular complexity index is 500. The predicted octanol–water partition coefficient (Wildman–Crippen LogP) is 1.70. The average molecular weight is 272 g/mol. The van der Waals surface area contributed by atoms with Crippen molar-refractivity contribution in [3.05, 3.63) is 18.2 Å². The molecule has 6 heteroatoms. The number of ether oxygens (including phenoxy) is 1. The topological polar surface area (TPSA) is 72.6 Å². The number of sulfonamides is 1. The van der Waals surface area contributed by atoms with Crippen molar-refractivity contribution < 1.29 is 13.2 Å². The van der Waals surface area contributed by atoms with Crippen molar-refractivity contribution >= 4 is 15.7 Å². The van der Waals surface area contributed by atoms with Crippen molar-refractivity contribution in [2.75, 3.05) is 25.9 Å². The normalized spacial score (nSPS) is 11.8. The Morgan fingerprint density at radius 2 is 2.00 bits per heavy atom. The zero-order valence-corrected chi connectivity index (χ0v) is 11.8. The number of hydrogen-bond acceptors (Lipinski definition) is 4. The number of anilines is 1. The lowest BCUT2D eigenvalue weighted by Gasteiger charge is -2.20. The molecule has 1 aromatic carbocycles. The van der Waals surface area contributed by atoms with Crippen molar-refractivity contribution in [3.8, 4) is 5.75 Å². The van der Waals surface area contributed by atoms with E-state index in [9.17, 15) is 8.42 Å². The first-order chi connectivity index (χ1) is 8.47. The van der Waals surface area contributed by atoms with E-state index in [1.165, 1.54) is 23.5 Å². The number of methoxy groups -OCH3 is 1. The molecule has 0 atom stereocenters. The van der Waals surface area contributed by atoms with Gasteiger partial charge in [-0.15, -0.1) is 0 Å². The fourth-order valence-electron chi connectivity index (χ4n) is 1.73. The summed E-state index contributed by atoms with van der Waals surface area (Å²) in [6, 6.07) is 4.61. The lowest BCUT2D eigenvalue weighted by Crippen LogP contribution is -2.32. The van der Waals surface area contributed by atoms with Crippen LogP contribution in [0.3, 0.4) is 0 Å². The lowest BCUT2D eigenvalue weighted by atomic mass is 10.3. The number of nitrogens with zero attached hydrogens (tertiary/aromatic N) is 1. The second kappa shape index (κ2) is 6.06. The molecule has 0 aromatic heterocycles. The van der Waals surface area contributed by atoms with Crippen LogP contribution < -0.4 is 10.5 Å². The Hall–Kier alpha value is -1.27. The van der Waals surface area contributed by atoms with Crippen LogP contribution in [0.4, 0.5) is 5.69 Å². The Morgan fingerprint density at radius 1 is 1.33 bits per heavy atom. The molecule has 102 valence electrons. The highest BCUT2D eigenvalue weighted by atomic mass is 32.2. The van der Waals surface area contributed by atoms with Crippen LogP contribution in [0.5, 0.6) is 5.75 Å². The first-order valence-corrected chi connectivity index (χ1v) is 7.35.